The smallest absolute Gasteiger partial charge is 0.211 e. The molecule has 14 nitrogen and oxygen atoms in total. The van der Waals surface area contributed by atoms with Crippen LogP contribution < -0.4 is 0 Å². The van der Waals surface area contributed by atoms with Crippen molar-refractivity contribution >= 4 is 5.78 Å². The minimum absolute atomic E-state index is 0.415. The van der Waals surface area contributed by atoms with Crippen molar-refractivity contribution in [3.63, 3.8) is 0 Å². The second-order valence-corrected chi connectivity index (χ2v) is 8.98. The summed E-state index contributed by atoms with van der Waals surface area (Å²) in [5.74, 6) is -1.61. The molecular formula is C21H30O14. The molecule has 0 aromatic rings. The van der Waals surface area contributed by atoms with Gasteiger partial charge in [0.15, 0.2) is 24.0 Å². The van der Waals surface area contributed by atoms with E-state index in [1.165, 1.54) is 12.2 Å². The number of carbonyl (C=O) groups excluding carboxylic acids is 1. The van der Waals surface area contributed by atoms with Crippen molar-refractivity contribution in [2.24, 2.45) is 5.92 Å². The van der Waals surface area contributed by atoms with E-state index in [-0.39, 0.29) is 0 Å². The van der Waals surface area contributed by atoms with Crippen LogP contribution in [0.2, 0.25) is 0 Å². The Kier molecular flexibility index (Phi) is 7.64. The predicted octanol–water partition coefficient (Wildman–Crippen LogP) is -4.63. The summed E-state index contributed by atoms with van der Waals surface area (Å²) in [7, 11) is 0. The SMILES string of the molecule is CC1=CC(=O)[C@@]2(O[C@@H]3O[C@H](CO)[C@@H](O)[C@@H](O)[C@@H]3O)C=CO[C@@H](O[C@@H]3O[C@H](CO)[C@@H](O)[C@@H](O)[C@@H]3O)[C@H]12. The van der Waals surface area contributed by atoms with Gasteiger partial charge >= 0.3 is 0 Å². The third-order valence-electron chi connectivity index (χ3n) is 6.77. The maximum atomic E-state index is 13.1. The van der Waals surface area contributed by atoms with Gasteiger partial charge in [-0.25, -0.2) is 0 Å². The number of rotatable bonds is 6. The largest absolute Gasteiger partial charge is 0.472 e. The molecule has 2 fully saturated rings. The molecule has 0 amide bonds. The van der Waals surface area contributed by atoms with Gasteiger partial charge in [0.25, 0.3) is 0 Å². The fraction of sp³-hybridized carbons (Fsp3) is 0.762. The molecule has 3 heterocycles. The van der Waals surface area contributed by atoms with Crippen LogP contribution in [0.1, 0.15) is 6.92 Å². The van der Waals surface area contributed by atoms with Crippen molar-refractivity contribution in [3.8, 4) is 0 Å². The molecule has 2 saturated heterocycles. The van der Waals surface area contributed by atoms with E-state index in [4.69, 9.17) is 23.7 Å². The van der Waals surface area contributed by atoms with Crippen LogP contribution in [0.15, 0.2) is 24.0 Å². The van der Waals surface area contributed by atoms with Crippen LogP contribution in [0.5, 0.6) is 0 Å². The third kappa shape index (κ3) is 4.43. The molecule has 4 aliphatic rings. The highest BCUT2D eigenvalue weighted by molar-refractivity contribution is 6.03. The van der Waals surface area contributed by atoms with Gasteiger partial charge in [-0.15, -0.1) is 0 Å². The van der Waals surface area contributed by atoms with E-state index in [1.807, 2.05) is 0 Å². The van der Waals surface area contributed by atoms with E-state index in [0.717, 1.165) is 6.26 Å². The van der Waals surface area contributed by atoms with Gasteiger partial charge in [-0.05, 0) is 19.1 Å². The minimum Gasteiger partial charge on any atom is -0.472 e. The number of hydrogen-bond donors (Lipinski definition) is 8. The molecule has 0 aromatic heterocycles. The van der Waals surface area contributed by atoms with E-state index in [2.05, 4.69) is 0 Å². The van der Waals surface area contributed by atoms with E-state index >= 15 is 0 Å². The monoisotopic (exact) mass is 506 g/mol. The number of ether oxygens (including phenoxy) is 5. The van der Waals surface area contributed by atoms with Gasteiger partial charge in [0, 0.05) is 0 Å². The van der Waals surface area contributed by atoms with Gasteiger partial charge in [-0.1, -0.05) is 5.57 Å². The zero-order valence-corrected chi connectivity index (χ0v) is 18.6. The Morgan fingerprint density at radius 2 is 1.37 bits per heavy atom. The third-order valence-corrected chi connectivity index (χ3v) is 6.77. The van der Waals surface area contributed by atoms with Gasteiger partial charge in [-0.2, -0.15) is 0 Å². The van der Waals surface area contributed by atoms with Crippen molar-refractivity contribution in [1.82, 2.24) is 0 Å². The maximum absolute atomic E-state index is 13.1. The van der Waals surface area contributed by atoms with Crippen LogP contribution in [0.4, 0.5) is 0 Å². The van der Waals surface area contributed by atoms with Crippen molar-refractivity contribution in [2.45, 2.75) is 80.2 Å². The molecule has 13 atom stereocenters. The van der Waals surface area contributed by atoms with Crippen molar-refractivity contribution < 1.29 is 69.3 Å². The summed E-state index contributed by atoms with van der Waals surface area (Å²) in [6.07, 6.45) is -13.7. The lowest BCUT2D eigenvalue weighted by atomic mass is 9.83. The lowest BCUT2D eigenvalue weighted by molar-refractivity contribution is -0.354. The summed E-state index contributed by atoms with van der Waals surface area (Å²) < 4.78 is 27.9. The zero-order chi connectivity index (χ0) is 25.7. The molecule has 1 aliphatic carbocycles. The average Bonchev–Trinajstić information content (AvgIpc) is 3.09. The molecule has 0 spiro atoms. The molecule has 35 heavy (non-hydrogen) atoms. The summed E-state index contributed by atoms with van der Waals surface area (Å²) in [5.41, 5.74) is -1.45. The van der Waals surface area contributed by atoms with Gasteiger partial charge in [0.2, 0.25) is 6.29 Å². The van der Waals surface area contributed by atoms with Crippen LogP contribution in [0.25, 0.3) is 0 Å². The van der Waals surface area contributed by atoms with Crippen LogP contribution in [0, 0.1) is 5.92 Å². The Morgan fingerprint density at radius 1 is 0.829 bits per heavy atom. The van der Waals surface area contributed by atoms with Crippen molar-refractivity contribution in [3.05, 3.63) is 24.0 Å². The average molecular weight is 506 g/mol. The Balaban J connectivity index is 1.58. The summed E-state index contributed by atoms with van der Waals surface area (Å²) in [6, 6.07) is 0. The zero-order valence-electron chi connectivity index (χ0n) is 18.6. The fourth-order valence-electron chi connectivity index (χ4n) is 4.75. The molecular weight excluding hydrogens is 476 g/mol. The number of carbonyl (C=O) groups is 1. The van der Waals surface area contributed by atoms with Gasteiger partial charge < -0.3 is 64.5 Å². The molecule has 0 unspecified atom stereocenters. The number of ketones is 1. The highest BCUT2D eigenvalue weighted by Gasteiger charge is 2.60. The summed E-state index contributed by atoms with van der Waals surface area (Å²) >= 11 is 0. The van der Waals surface area contributed by atoms with Crippen LogP contribution in [-0.4, -0.2) is 133 Å². The number of fused-ring (bicyclic) bond motifs is 1. The minimum atomic E-state index is -1.87. The summed E-state index contributed by atoms with van der Waals surface area (Å²) in [5, 5.41) is 79.7. The topological polar surface area (TPSA) is 225 Å². The fourth-order valence-corrected chi connectivity index (χ4v) is 4.75. The molecule has 3 aliphatic heterocycles. The van der Waals surface area contributed by atoms with Crippen molar-refractivity contribution in [1.29, 1.82) is 0 Å². The Bertz CT molecular complexity index is 844. The van der Waals surface area contributed by atoms with E-state index in [9.17, 15) is 45.6 Å². The first-order valence-corrected chi connectivity index (χ1v) is 11.1. The highest BCUT2D eigenvalue weighted by atomic mass is 16.8. The number of aliphatic hydroxyl groups excluding tert-OH is 8. The molecule has 0 saturated carbocycles. The van der Waals surface area contributed by atoms with Gasteiger partial charge in [-0.3, -0.25) is 4.79 Å². The van der Waals surface area contributed by atoms with Crippen LogP contribution >= 0.6 is 0 Å². The second-order valence-electron chi connectivity index (χ2n) is 8.98. The van der Waals surface area contributed by atoms with Crippen molar-refractivity contribution in [2.75, 3.05) is 13.2 Å². The summed E-state index contributed by atoms with van der Waals surface area (Å²) in [4.78, 5) is 13.1. The van der Waals surface area contributed by atoms with Crippen LogP contribution in [-0.2, 0) is 28.5 Å². The Hall–Kier alpha value is -1.53. The van der Waals surface area contributed by atoms with E-state index < -0.39 is 98.2 Å². The Morgan fingerprint density at radius 3 is 1.94 bits per heavy atom. The second kappa shape index (κ2) is 10.1. The molecule has 4 rings (SSSR count). The van der Waals surface area contributed by atoms with E-state index in [1.54, 1.807) is 6.92 Å². The molecule has 0 bridgehead atoms. The maximum Gasteiger partial charge on any atom is 0.211 e. The molecule has 0 radical (unpaired) electrons. The molecule has 198 valence electrons. The van der Waals surface area contributed by atoms with Gasteiger partial charge in [0.05, 0.1) is 25.4 Å². The highest BCUT2D eigenvalue weighted by Crippen LogP contribution is 2.46. The molecule has 0 aromatic carbocycles. The first kappa shape index (κ1) is 26.5. The molecule has 8 N–H and O–H groups in total. The van der Waals surface area contributed by atoms with Gasteiger partial charge in [0.1, 0.15) is 48.8 Å². The normalized spacial score (nSPS) is 50.0. The first-order valence-electron chi connectivity index (χ1n) is 11.1. The van der Waals surface area contributed by atoms with Crippen LogP contribution in [0.3, 0.4) is 0 Å². The Labute approximate surface area is 199 Å². The molecule has 14 heteroatoms. The number of aliphatic hydroxyl groups is 8. The standard InChI is InChI=1S/C21H30O14/c1-7-4-10(24)21(35-20-17(30)15(28)13(26)9(6-23)33-20)2-3-31-18(11(7)21)34-19-16(29)14(27)12(25)8(5-22)32-19/h2-4,8-9,11-20,22-23,25-30H,5-6H2,1H3/t8-,9-,11+,12-,13-,14-,15-,16+,17+,18+,19+,20+,21+/m1/s1. The lowest BCUT2D eigenvalue weighted by Crippen LogP contribution is -2.63. The first-order chi connectivity index (χ1) is 16.5. The number of hydrogen-bond acceptors (Lipinski definition) is 14. The predicted molar refractivity (Wildman–Crippen MR) is 109 cm³/mol. The lowest BCUT2D eigenvalue weighted by Gasteiger charge is -2.47. The van der Waals surface area contributed by atoms with E-state index in [0.29, 0.717) is 5.57 Å². The summed E-state index contributed by atoms with van der Waals surface area (Å²) in [6.45, 7) is 0.197. The quantitative estimate of drug-likeness (QED) is 0.170.